The van der Waals surface area contributed by atoms with Crippen molar-refractivity contribution in [3.05, 3.63) is 78.6 Å². The summed E-state index contributed by atoms with van der Waals surface area (Å²) in [6, 6.07) is 19.6. The Morgan fingerprint density at radius 1 is 0.767 bits per heavy atom. The predicted octanol–water partition coefficient (Wildman–Crippen LogP) is 4.98. The van der Waals surface area contributed by atoms with E-state index in [9.17, 15) is 4.79 Å². The Kier molecular flexibility index (Phi) is 4.93. The van der Waals surface area contributed by atoms with Crippen LogP contribution in [-0.4, -0.2) is 38.8 Å². The van der Waals surface area contributed by atoms with Crippen molar-refractivity contribution in [3.63, 3.8) is 0 Å². The van der Waals surface area contributed by atoms with Gasteiger partial charge in [0.15, 0.2) is 0 Å². The number of pyridine rings is 1. The number of likely N-dealkylation sites (tertiary alicyclic amines) is 1. The molecule has 1 aliphatic heterocycles. The van der Waals surface area contributed by atoms with Gasteiger partial charge in [-0.15, -0.1) is 0 Å². The van der Waals surface area contributed by atoms with Crippen LogP contribution in [0.25, 0.3) is 33.5 Å². The predicted molar refractivity (Wildman–Crippen MR) is 118 cm³/mol. The van der Waals surface area contributed by atoms with Crippen LogP contribution in [0.3, 0.4) is 0 Å². The lowest BCUT2D eigenvalue weighted by atomic mass is 10.0. The second kappa shape index (κ2) is 8.03. The Balaban J connectivity index is 1.63. The van der Waals surface area contributed by atoms with Crippen LogP contribution in [0, 0.1) is 0 Å². The van der Waals surface area contributed by atoms with Gasteiger partial charge < -0.3 is 4.90 Å². The molecule has 0 N–H and O–H groups in total. The molecule has 5 nitrogen and oxygen atoms in total. The third-order valence-electron chi connectivity index (χ3n) is 5.54. The highest BCUT2D eigenvalue weighted by Gasteiger charge is 2.19. The van der Waals surface area contributed by atoms with Gasteiger partial charge in [0.2, 0.25) is 0 Å². The van der Waals surface area contributed by atoms with Crippen LogP contribution in [0.15, 0.2) is 73.1 Å². The van der Waals surface area contributed by atoms with Gasteiger partial charge in [0.05, 0.1) is 22.4 Å². The Morgan fingerprint density at radius 2 is 1.50 bits per heavy atom. The van der Waals surface area contributed by atoms with Gasteiger partial charge in [0.1, 0.15) is 0 Å². The number of carbonyl (C=O) groups is 1. The van der Waals surface area contributed by atoms with Gasteiger partial charge in [-0.2, -0.15) is 0 Å². The van der Waals surface area contributed by atoms with Crippen molar-refractivity contribution in [2.24, 2.45) is 0 Å². The highest BCUT2D eigenvalue weighted by Crippen LogP contribution is 2.31. The Morgan fingerprint density at radius 3 is 2.27 bits per heavy atom. The van der Waals surface area contributed by atoms with Crippen LogP contribution in [0.5, 0.6) is 0 Å². The minimum Gasteiger partial charge on any atom is -0.339 e. The van der Waals surface area contributed by atoms with E-state index in [1.807, 2.05) is 65.6 Å². The number of carbonyl (C=O) groups excluding carboxylic acids is 1. The third-order valence-corrected chi connectivity index (χ3v) is 5.54. The van der Waals surface area contributed by atoms with Crippen molar-refractivity contribution in [1.82, 2.24) is 19.9 Å². The zero-order valence-corrected chi connectivity index (χ0v) is 16.7. The standard InChI is InChI=1S/C25H22N4O/c30-25(29-14-5-2-6-15-29)19-11-12-21-22(16-19)28-24(20-10-7-13-26-17-20)23(27-21)18-8-3-1-4-9-18/h1,3-4,7-13,16-17H,2,5-6,14-15H2. The number of benzene rings is 2. The van der Waals surface area contributed by atoms with Crippen molar-refractivity contribution in [3.8, 4) is 22.5 Å². The maximum Gasteiger partial charge on any atom is 0.253 e. The molecule has 1 fully saturated rings. The number of fused-ring (bicyclic) bond motifs is 1. The molecule has 0 spiro atoms. The summed E-state index contributed by atoms with van der Waals surface area (Å²) in [5.74, 6) is 0.0773. The zero-order valence-electron chi connectivity index (χ0n) is 16.7. The van der Waals surface area contributed by atoms with Crippen LogP contribution in [-0.2, 0) is 0 Å². The fourth-order valence-electron chi connectivity index (χ4n) is 3.97. The van der Waals surface area contributed by atoms with Crippen molar-refractivity contribution in [2.45, 2.75) is 19.3 Å². The maximum absolute atomic E-state index is 13.0. The van der Waals surface area contributed by atoms with E-state index in [2.05, 4.69) is 4.98 Å². The van der Waals surface area contributed by atoms with Crippen LogP contribution >= 0.6 is 0 Å². The summed E-state index contributed by atoms with van der Waals surface area (Å²) in [5.41, 5.74) is 5.64. The zero-order chi connectivity index (χ0) is 20.3. The molecule has 0 unspecified atom stereocenters. The number of nitrogens with zero attached hydrogens (tertiary/aromatic N) is 4. The molecule has 1 aliphatic rings. The first-order valence-electron chi connectivity index (χ1n) is 10.4. The number of hydrogen-bond acceptors (Lipinski definition) is 4. The first kappa shape index (κ1) is 18.4. The molecule has 4 aromatic rings. The fourth-order valence-corrected chi connectivity index (χ4v) is 3.97. The SMILES string of the molecule is O=C(c1ccc2nc(-c3ccccc3)c(-c3cccnc3)nc2c1)N1CCCCC1. The highest BCUT2D eigenvalue weighted by molar-refractivity contribution is 5.98. The Hall–Kier alpha value is -3.60. The molecule has 30 heavy (non-hydrogen) atoms. The summed E-state index contributed by atoms with van der Waals surface area (Å²) in [6.45, 7) is 1.66. The normalized spacial score (nSPS) is 14.1. The second-order valence-electron chi connectivity index (χ2n) is 7.58. The lowest BCUT2D eigenvalue weighted by molar-refractivity contribution is 0.0724. The average molecular weight is 394 g/mol. The van der Waals surface area contributed by atoms with Gasteiger partial charge in [-0.25, -0.2) is 9.97 Å². The molecule has 0 atom stereocenters. The minimum atomic E-state index is 0.0773. The van der Waals surface area contributed by atoms with Gasteiger partial charge in [-0.1, -0.05) is 30.3 Å². The van der Waals surface area contributed by atoms with Crippen molar-refractivity contribution < 1.29 is 4.79 Å². The van der Waals surface area contributed by atoms with Crippen LogP contribution < -0.4 is 0 Å². The van der Waals surface area contributed by atoms with Crippen molar-refractivity contribution >= 4 is 16.9 Å². The maximum atomic E-state index is 13.0. The van der Waals surface area contributed by atoms with Crippen LogP contribution in [0.2, 0.25) is 0 Å². The van der Waals surface area contributed by atoms with E-state index in [0.29, 0.717) is 5.56 Å². The summed E-state index contributed by atoms with van der Waals surface area (Å²) in [7, 11) is 0. The quantitative estimate of drug-likeness (QED) is 0.491. The van der Waals surface area contributed by atoms with E-state index in [4.69, 9.17) is 9.97 Å². The summed E-state index contributed by atoms with van der Waals surface area (Å²) in [4.78, 5) is 29.0. The summed E-state index contributed by atoms with van der Waals surface area (Å²) in [5, 5.41) is 0. The number of rotatable bonds is 3. The van der Waals surface area contributed by atoms with E-state index in [1.165, 1.54) is 6.42 Å². The van der Waals surface area contributed by atoms with Crippen molar-refractivity contribution in [1.29, 1.82) is 0 Å². The smallest absolute Gasteiger partial charge is 0.253 e. The Bertz CT molecular complexity index is 1190. The molecule has 0 aliphatic carbocycles. The molecule has 3 heterocycles. The number of hydrogen-bond donors (Lipinski definition) is 0. The molecular weight excluding hydrogens is 372 g/mol. The molecule has 0 radical (unpaired) electrons. The molecule has 2 aromatic heterocycles. The Labute approximate surface area is 175 Å². The largest absolute Gasteiger partial charge is 0.339 e. The first-order chi connectivity index (χ1) is 14.8. The minimum absolute atomic E-state index is 0.0773. The van der Waals surface area contributed by atoms with E-state index in [-0.39, 0.29) is 5.91 Å². The lowest BCUT2D eigenvalue weighted by Gasteiger charge is -2.26. The molecule has 1 amide bonds. The molecular formula is C25H22N4O. The topological polar surface area (TPSA) is 59.0 Å². The summed E-state index contributed by atoms with van der Waals surface area (Å²) < 4.78 is 0. The molecule has 1 saturated heterocycles. The number of aromatic nitrogens is 3. The van der Waals surface area contributed by atoms with Gasteiger partial charge in [-0.3, -0.25) is 9.78 Å². The fraction of sp³-hybridized carbons (Fsp3) is 0.200. The summed E-state index contributed by atoms with van der Waals surface area (Å²) >= 11 is 0. The average Bonchev–Trinajstić information content (AvgIpc) is 2.84. The number of amides is 1. The molecule has 0 saturated carbocycles. The van der Waals surface area contributed by atoms with Crippen LogP contribution in [0.4, 0.5) is 0 Å². The van der Waals surface area contributed by atoms with Crippen LogP contribution in [0.1, 0.15) is 29.6 Å². The van der Waals surface area contributed by atoms with E-state index in [1.54, 1.807) is 12.4 Å². The molecule has 5 rings (SSSR count). The summed E-state index contributed by atoms with van der Waals surface area (Å²) in [6.07, 6.45) is 6.89. The van der Waals surface area contributed by atoms with Gasteiger partial charge in [0.25, 0.3) is 5.91 Å². The third kappa shape index (κ3) is 3.54. The second-order valence-corrected chi connectivity index (χ2v) is 7.58. The van der Waals surface area contributed by atoms with Gasteiger partial charge in [-0.05, 0) is 49.6 Å². The van der Waals surface area contributed by atoms with E-state index in [0.717, 1.165) is 59.5 Å². The molecule has 5 heteroatoms. The van der Waals surface area contributed by atoms with E-state index < -0.39 is 0 Å². The van der Waals surface area contributed by atoms with Gasteiger partial charge >= 0.3 is 0 Å². The molecule has 148 valence electrons. The highest BCUT2D eigenvalue weighted by atomic mass is 16.2. The van der Waals surface area contributed by atoms with Crippen molar-refractivity contribution in [2.75, 3.05) is 13.1 Å². The molecule has 2 aromatic carbocycles. The van der Waals surface area contributed by atoms with E-state index >= 15 is 0 Å². The first-order valence-corrected chi connectivity index (χ1v) is 10.4. The monoisotopic (exact) mass is 394 g/mol. The van der Waals surface area contributed by atoms with Gasteiger partial charge in [0, 0.05) is 42.2 Å². The lowest BCUT2D eigenvalue weighted by Crippen LogP contribution is -2.35. The molecule has 0 bridgehead atoms. The number of piperidine rings is 1.